The molecule has 0 radical (unpaired) electrons. The first-order chi connectivity index (χ1) is 16.4. The molecule has 10 nitrogen and oxygen atoms in total. The van der Waals surface area contributed by atoms with Crippen molar-refractivity contribution in [2.45, 2.75) is 6.92 Å². The molecule has 0 aliphatic rings. The SMILES string of the molecule is COc1cc(/C=N\NC(=O)c2cccc([N+](=O)[O-])c2)ccc1OCC(=O)Nc1cccc(C)c1. The first kappa shape index (κ1) is 23.9. The predicted octanol–water partition coefficient (Wildman–Crippen LogP) is 3.69. The van der Waals surface area contributed by atoms with Gasteiger partial charge in [0.1, 0.15) is 0 Å². The first-order valence-corrected chi connectivity index (χ1v) is 10.1. The number of carbonyl (C=O) groups excluding carboxylic acids is 2. The molecule has 174 valence electrons. The van der Waals surface area contributed by atoms with Crippen LogP contribution in [0.1, 0.15) is 21.5 Å². The summed E-state index contributed by atoms with van der Waals surface area (Å²) >= 11 is 0. The smallest absolute Gasteiger partial charge is 0.271 e. The summed E-state index contributed by atoms with van der Waals surface area (Å²) in [6, 6.07) is 17.6. The Bertz CT molecular complexity index is 1240. The number of anilines is 1. The van der Waals surface area contributed by atoms with Gasteiger partial charge in [-0.2, -0.15) is 5.10 Å². The highest BCUT2D eigenvalue weighted by Crippen LogP contribution is 2.27. The number of nitrogens with zero attached hydrogens (tertiary/aromatic N) is 2. The number of nitro groups is 1. The Labute approximate surface area is 195 Å². The molecular formula is C24H22N4O6. The second-order valence-electron chi connectivity index (χ2n) is 7.12. The van der Waals surface area contributed by atoms with E-state index in [9.17, 15) is 19.7 Å². The largest absolute Gasteiger partial charge is 0.493 e. The van der Waals surface area contributed by atoms with E-state index < -0.39 is 10.8 Å². The molecule has 3 aromatic rings. The molecule has 3 rings (SSSR count). The molecule has 0 saturated carbocycles. The normalized spacial score (nSPS) is 10.5. The zero-order chi connectivity index (χ0) is 24.5. The van der Waals surface area contributed by atoms with E-state index in [0.717, 1.165) is 11.6 Å². The number of methoxy groups -OCH3 is 1. The molecular weight excluding hydrogens is 440 g/mol. The Morgan fingerprint density at radius 3 is 2.59 bits per heavy atom. The fraction of sp³-hybridized carbons (Fsp3) is 0.125. The van der Waals surface area contributed by atoms with Crippen LogP contribution in [0, 0.1) is 17.0 Å². The van der Waals surface area contributed by atoms with Gasteiger partial charge in [-0.05, 0) is 54.4 Å². The molecule has 0 atom stereocenters. The van der Waals surface area contributed by atoms with Crippen LogP contribution >= 0.6 is 0 Å². The maximum atomic E-state index is 12.2. The van der Waals surface area contributed by atoms with Crippen molar-refractivity contribution >= 4 is 29.4 Å². The van der Waals surface area contributed by atoms with Crippen LogP contribution in [0.5, 0.6) is 11.5 Å². The van der Waals surface area contributed by atoms with E-state index in [-0.39, 0.29) is 23.8 Å². The van der Waals surface area contributed by atoms with Gasteiger partial charge in [0.15, 0.2) is 18.1 Å². The number of hydrazone groups is 1. The summed E-state index contributed by atoms with van der Waals surface area (Å²) in [5.74, 6) is -0.175. The van der Waals surface area contributed by atoms with Gasteiger partial charge in [0.05, 0.1) is 18.2 Å². The molecule has 0 unspecified atom stereocenters. The average molecular weight is 462 g/mol. The molecule has 0 aliphatic heterocycles. The van der Waals surface area contributed by atoms with Crippen molar-refractivity contribution in [3.63, 3.8) is 0 Å². The molecule has 0 aromatic heterocycles. The summed E-state index contributed by atoms with van der Waals surface area (Å²) in [7, 11) is 1.46. The number of hydrogen-bond donors (Lipinski definition) is 2. The molecule has 3 aromatic carbocycles. The molecule has 0 aliphatic carbocycles. The summed E-state index contributed by atoms with van der Waals surface area (Å²) in [5.41, 5.74) is 4.53. The van der Waals surface area contributed by atoms with Gasteiger partial charge in [-0.3, -0.25) is 19.7 Å². The minimum absolute atomic E-state index is 0.108. The average Bonchev–Trinajstić information content (AvgIpc) is 2.83. The summed E-state index contributed by atoms with van der Waals surface area (Å²) in [5, 5.41) is 17.5. The maximum absolute atomic E-state index is 12.2. The Hall–Kier alpha value is -4.73. The van der Waals surface area contributed by atoms with Crippen molar-refractivity contribution in [3.8, 4) is 11.5 Å². The van der Waals surface area contributed by atoms with Crippen LogP contribution in [-0.4, -0.2) is 36.7 Å². The predicted molar refractivity (Wildman–Crippen MR) is 126 cm³/mol. The molecule has 0 saturated heterocycles. The lowest BCUT2D eigenvalue weighted by Gasteiger charge is -2.11. The molecule has 2 amide bonds. The van der Waals surface area contributed by atoms with E-state index in [0.29, 0.717) is 22.7 Å². The standard InChI is InChI=1S/C24H22N4O6/c1-16-5-3-7-19(11-16)26-23(29)15-34-21-10-9-17(12-22(21)33-2)14-25-27-24(30)18-6-4-8-20(13-18)28(31)32/h3-14H,15H2,1-2H3,(H,26,29)(H,27,30)/b25-14-. The fourth-order valence-corrected chi connectivity index (χ4v) is 2.94. The highest BCUT2D eigenvalue weighted by molar-refractivity contribution is 5.95. The number of ether oxygens (including phenoxy) is 2. The fourth-order valence-electron chi connectivity index (χ4n) is 2.94. The molecule has 0 heterocycles. The third kappa shape index (κ3) is 6.63. The number of carbonyl (C=O) groups is 2. The van der Waals surface area contributed by atoms with E-state index >= 15 is 0 Å². The summed E-state index contributed by atoms with van der Waals surface area (Å²) in [4.78, 5) is 34.6. The minimum atomic E-state index is -0.591. The Morgan fingerprint density at radius 1 is 1.06 bits per heavy atom. The lowest BCUT2D eigenvalue weighted by atomic mass is 10.2. The van der Waals surface area contributed by atoms with Crippen molar-refractivity contribution in [3.05, 3.63) is 93.5 Å². The van der Waals surface area contributed by atoms with Crippen LogP contribution in [0.25, 0.3) is 0 Å². The van der Waals surface area contributed by atoms with Crippen LogP contribution < -0.4 is 20.2 Å². The van der Waals surface area contributed by atoms with Crippen molar-refractivity contribution in [1.29, 1.82) is 0 Å². The zero-order valence-electron chi connectivity index (χ0n) is 18.5. The third-order valence-corrected chi connectivity index (χ3v) is 4.55. The third-order valence-electron chi connectivity index (χ3n) is 4.55. The highest BCUT2D eigenvalue weighted by atomic mass is 16.6. The second kappa shape index (κ2) is 11.2. The molecule has 34 heavy (non-hydrogen) atoms. The molecule has 0 bridgehead atoms. The van der Waals surface area contributed by atoms with Gasteiger partial charge in [-0.1, -0.05) is 18.2 Å². The van der Waals surface area contributed by atoms with Crippen LogP contribution in [-0.2, 0) is 4.79 Å². The monoisotopic (exact) mass is 462 g/mol. The summed E-state index contributed by atoms with van der Waals surface area (Å²) in [6.07, 6.45) is 1.38. The number of benzene rings is 3. The number of nitro benzene ring substituents is 1. The van der Waals surface area contributed by atoms with Gasteiger partial charge in [-0.25, -0.2) is 5.43 Å². The minimum Gasteiger partial charge on any atom is -0.493 e. The number of rotatable bonds is 9. The summed E-state index contributed by atoms with van der Waals surface area (Å²) in [6.45, 7) is 1.72. The van der Waals surface area contributed by atoms with Gasteiger partial charge >= 0.3 is 0 Å². The van der Waals surface area contributed by atoms with Gasteiger partial charge in [0, 0.05) is 23.4 Å². The van der Waals surface area contributed by atoms with Gasteiger partial charge in [0.25, 0.3) is 17.5 Å². The van der Waals surface area contributed by atoms with E-state index in [2.05, 4.69) is 15.8 Å². The van der Waals surface area contributed by atoms with Crippen molar-refractivity contribution in [1.82, 2.24) is 5.43 Å². The number of non-ortho nitro benzene ring substituents is 1. The molecule has 10 heteroatoms. The van der Waals surface area contributed by atoms with E-state index in [1.54, 1.807) is 24.3 Å². The quantitative estimate of drug-likeness (QED) is 0.283. The van der Waals surface area contributed by atoms with Crippen LogP contribution in [0.4, 0.5) is 11.4 Å². The van der Waals surface area contributed by atoms with Crippen molar-refractivity contribution in [2.75, 3.05) is 19.0 Å². The first-order valence-electron chi connectivity index (χ1n) is 10.1. The zero-order valence-corrected chi connectivity index (χ0v) is 18.5. The van der Waals surface area contributed by atoms with E-state index in [4.69, 9.17) is 9.47 Å². The van der Waals surface area contributed by atoms with Gasteiger partial charge in [0.2, 0.25) is 0 Å². The maximum Gasteiger partial charge on any atom is 0.271 e. The number of aryl methyl sites for hydroxylation is 1. The number of amides is 2. The van der Waals surface area contributed by atoms with Crippen LogP contribution in [0.15, 0.2) is 71.8 Å². The second-order valence-corrected chi connectivity index (χ2v) is 7.12. The number of nitrogens with one attached hydrogen (secondary N) is 2. The molecule has 0 spiro atoms. The number of hydrogen-bond acceptors (Lipinski definition) is 7. The summed E-state index contributed by atoms with van der Waals surface area (Å²) < 4.78 is 10.9. The topological polar surface area (TPSA) is 132 Å². The van der Waals surface area contributed by atoms with E-state index in [1.807, 2.05) is 25.1 Å². The van der Waals surface area contributed by atoms with Crippen molar-refractivity contribution < 1.29 is 24.0 Å². The van der Waals surface area contributed by atoms with Gasteiger partial charge in [-0.15, -0.1) is 0 Å². The Kier molecular flexibility index (Phi) is 7.90. The van der Waals surface area contributed by atoms with E-state index in [1.165, 1.54) is 31.5 Å². The van der Waals surface area contributed by atoms with Crippen LogP contribution in [0.3, 0.4) is 0 Å². The molecule has 0 fully saturated rings. The van der Waals surface area contributed by atoms with Crippen LogP contribution in [0.2, 0.25) is 0 Å². The molecule has 2 N–H and O–H groups in total. The highest BCUT2D eigenvalue weighted by Gasteiger charge is 2.11. The lowest BCUT2D eigenvalue weighted by Crippen LogP contribution is -2.20. The van der Waals surface area contributed by atoms with Crippen molar-refractivity contribution in [2.24, 2.45) is 5.10 Å². The Balaban J connectivity index is 1.58. The van der Waals surface area contributed by atoms with Gasteiger partial charge < -0.3 is 14.8 Å². The lowest BCUT2D eigenvalue weighted by molar-refractivity contribution is -0.384. The Morgan fingerprint density at radius 2 is 1.85 bits per heavy atom.